The number of hydrogen-bond acceptors (Lipinski definition) is 1. The number of carbonyl (C=O) groups excluding carboxylic acids is 1. The molecule has 7 heteroatoms. The van der Waals surface area contributed by atoms with Gasteiger partial charge in [-0.15, -0.1) is 5.46 Å². The molecule has 0 unspecified atom stereocenters. The van der Waals surface area contributed by atoms with Crippen molar-refractivity contribution >= 4 is 24.0 Å². The third kappa shape index (κ3) is 2.65. The van der Waals surface area contributed by atoms with E-state index in [9.17, 15) is 17.7 Å². The van der Waals surface area contributed by atoms with E-state index >= 15 is 0 Å². The van der Waals surface area contributed by atoms with Gasteiger partial charge in [0.25, 0.3) is 0 Å². The summed E-state index contributed by atoms with van der Waals surface area (Å²) in [6.45, 7) is -5.03. The first-order valence-electron chi connectivity index (χ1n) is 4.10. The standard InChI is InChI=1S/C8H6BF3NO.K/c10-9(11,12)6-2-1-3-7-5(6)4-8(14)13-7;/h1-3H,4H2,(H,13,14);/q-1;+1. The molecular formula is C8H6BF3KNO. The third-order valence-electron chi connectivity index (χ3n) is 2.18. The van der Waals surface area contributed by atoms with Crippen molar-refractivity contribution in [1.82, 2.24) is 0 Å². The van der Waals surface area contributed by atoms with Gasteiger partial charge in [-0.05, 0) is 11.6 Å². The van der Waals surface area contributed by atoms with Gasteiger partial charge in [0.2, 0.25) is 5.91 Å². The fraction of sp³-hybridized carbons (Fsp3) is 0.125. The molecule has 1 heterocycles. The van der Waals surface area contributed by atoms with E-state index in [-0.39, 0.29) is 75.0 Å². The number of fused-ring (bicyclic) bond motifs is 1. The van der Waals surface area contributed by atoms with E-state index in [4.69, 9.17) is 0 Å². The normalized spacial score (nSPS) is 14.2. The van der Waals surface area contributed by atoms with E-state index in [0.717, 1.165) is 6.07 Å². The SMILES string of the molecule is O=C1Cc2c(cccc2[B-](F)(F)F)N1.[K+]. The number of anilines is 1. The van der Waals surface area contributed by atoms with E-state index in [1.807, 2.05) is 0 Å². The van der Waals surface area contributed by atoms with Crippen molar-refractivity contribution < 1.29 is 69.1 Å². The number of hydrogen-bond donors (Lipinski definition) is 1. The number of nitrogens with one attached hydrogen (secondary N) is 1. The fourth-order valence-electron chi connectivity index (χ4n) is 1.58. The van der Waals surface area contributed by atoms with Gasteiger partial charge in [0.1, 0.15) is 0 Å². The zero-order valence-electron chi connectivity index (χ0n) is 8.06. The van der Waals surface area contributed by atoms with Crippen LogP contribution in [-0.2, 0) is 11.2 Å². The zero-order chi connectivity index (χ0) is 10.3. The molecule has 1 amide bonds. The molecule has 0 fully saturated rings. The Hall–Kier alpha value is 0.181. The average molecular weight is 239 g/mol. The fourth-order valence-corrected chi connectivity index (χ4v) is 1.58. The van der Waals surface area contributed by atoms with E-state index in [1.54, 1.807) is 0 Å². The van der Waals surface area contributed by atoms with Gasteiger partial charge in [-0.25, -0.2) is 0 Å². The molecule has 74 valence electrons. The van der Waals surface area contributed by atoms with Crippen LogP contribution in [-0.4, -0.2) is 12.9 Å². The number of halogens is 3. The maximum atomic E-state index is 12.5. The first kappa shape index (κ1) is 13.2. The summed E-state index contributed by atoms with van der Waals surface area (Å²) >= 11 is 0. The second-order valence-electron chi connectivity index (χ2n) is 3.17. The summed E-state index contributed by atoms with van der Waals surface area (Å²) in [5.41, 5.74) is -0.308. The second-order valence-corrected chi connectivity index (χ2v) is 3.17. The topological polar surface area (TPSA) is 29.1 Å². The van der Waals surface area contributed by atoms with Gasteiger partial charge in [-0.3, -0.25) is 4.79 Å². The molecule has 0 bridgehead atoms. The van der Waals surface area contributed by atoms with Gasteiger partial charge in [-0.1, -0.05) is 12.1 Å². The molecule has 0 radical (unpaired) electrons. The van der Waals surface area contributed by atoms with E-state index in [1.165, 1.54) is 12.1 Å². The molecule has 0 spiro atoms. The van der Waals surface area contributed by atoms with Gasteiger partial charge in [0, 0.05) is 5.69 Å². The predicted molar refractivity (Wildman–Crippen MR) is 47.5 cm³/mol. The van der Waals surface area contributed by atoms with Gasteiger partial charge >= 0.3 is 58.4 Å². The molecule has 1 aliphatic rings. The Labute approximate surface area is 127 Å². The minimum Gasteiger partial charge on any atom is -0.445 e. The van der Waals surface area contributed by atoms with Crippen molar-refractivity contribution in [3.63, 3.8) is 0 Å². The van der Waals surface area contributed by atoms with Crippen molar-refractivity contribution in [2.75, 3.05) is 5.32 Å². The minimum atomic E-state index is -5.03. The molecule has 2 rings (SSSR count). The summed E-state index contributed by atoms with van der Waals surface area (Å²) in [7, 11) is 0. The smallest absolute Gasteiger partial charge is 0.445 e. The van der Waals surface area contributed by atoms with Gasteiger partial charge in [0.15, 0.2) is 0 Å². The molecule has 0 aliphatic carbocycles. The number of carbonyl (C=O) groups is 1. The van der Waals surface area contributed by atoms with E-state index in [0.29, 0.717) is 0 Å². The summed E-state index contributed by atoms with van der Waals surface area (Å²) in [5, 5.41) is 2.38. The Morgan fingerprint density at radius 1 is 1.27 bits per heavy atom. The molecule has 0 atom stereocenters. The van der Waals surface area contributed by atoms with Crippen LogP contribution in [0.15, 0.2) is 18.2 Å². The van der Waals surface area contributed by atoms with Crippen LogP contribution >= 0.6 is 0 Å². The quantitative estimate of drug-likeness (QED) is 0.578. The first-order valence-corrected chi connectivity index (χ1v) is 4.10. The Kier molecular flexibility index (Phi) is 4.05. The van der Waals surface area contributed by atoms with Crippen LogP contribution < -0.4 is 62.2 Å². The molecule has 2 nitrogen and oxygen atoms in total. The monoisotopic (exact) mass is 239 g/mol. The summed E-state index contributed by atoms with van der Waals surface area (Å²) in [5.74, 6) is -0.382. The van der Waals surface area contributed by atoms with Crippen LogP contribution in [0.2, 0.25) is 0 Å². The maximum absolute atomic E-state index is 12.5. The Balaban J connectivity index is 0.00000112. The van der Waals surface area contributed by atoms with Crippen molar-refractivity contribution in [2.24, 2.45) is 0 Å². The summed E-state index contributed by atoms with van der Waals surface area (Å²) in [6.07, 6.45) is -0.174. The molecule has 0 aromatic heterocycles. The minimum absolute atomic E-state index is 0. The zero-order valence-corrected chi connectivity index (χ0v) is 11.2. The average Bonchev–Trinajstić information content (AvgIpc) is 2.41. The molecule has 1 aliphatic heterocycles. The molecule has 0 saturated carbocycles. The summed E-state index contributed by atoms with van der Waals surface area (Å²) < 4.78 is 37.5. The number of benzene rings is 1. The Bertz CT molecular complexity index is 407. The molecule has 15 heavy (non-hydrogen) atoms. The van der Waals surface area contributed by atoms with Gasteiger partial charge in [-0.2, -0.15) is 0 Å². The Morgan fingerprint density at radius 3 is 2.53 bits per heavy atom. The largest absolute Gasteiger partial charge is 1.00 e. The van der Waals surface area contributed by atoms with Crippen LogP contribution in [0.4, 0.5) is 18.6 Å². The first-order chi connectivity index (χ1) is 6.48. The van der Waals surface area contributed by atoms with Crippen LogP contribution in [0, 0.1) is 0 Å². The third-order valence-corrected chi connectivity index (χ3v) is 2.18. The van der Waals surface area contributed by atoms with Crippen LogP contribution in [0.3, 0.4) is 0 Å². The van der Waals surface area contributed by atoms with Gasteiger partial charge in [0.05, 0.1) is 6.42 Å². The molecule has 0 saturated heterocycles. The van der Waals surface area contributed by atoms with Crippen molar-refractivity contribution in [3.05, 3.63) is 23.8 Å². The van der Waals surface area contributed by atoms with E-state index < -0.39 is 12.4 Å². The molecule has 1 aromatic rings. The van der Waals surface area contributed by atoms with Crippen molar-refractivity contribution in [1.29, 1.82) is 0 Å². The number of rotatable bonds is 1. The van der Waals surface area contributed by atoms with Crippen LogP contribution in [0.25, 0.3) is 0 Å². The second kappa shape index (κ2) is 4.59. The van der Waals surface area contributed by atoms with Gasteiger partial charge < -0.3 is 18.3 Å². The number of amides is 1. The molecule has 1 aromatic carbocycles. The molecular weight excluding hydrogens is 233 g/mol. The van der Waals surface area contributed by atoms with E-state index in [2.05, 4.69) is 5.32 Å². The van der Waals surface area contributed by atoms with Crippen molar-refractivity contribution in [3.8, 4) is 0 Å². The Morgan fingerprint density at radius 2 is 1.93 bits per heavy atom. The van der Waals surface area contributed by atoms with Crippen molar-refractivity contribution in [2.45, 2.75) is 6.42 Å². The predicted octanol–water partition coefficient (Wildman–Crippen LogP) is -1.76. The van der Waals surface area contributed by atoms with Crippen LogP contribution in [0.1, 0.15) is 5.56 Å². The summed E-state index contributed by atoms with van der Waals surface area (Å²) in [6, 6.07) is 3.79. The summed E-state index contributed by atoms with van der Waals surface area (Å²) in [4.78, 5) is 10.9. The van der Waals surface area contributed by atoms with Crippen LogP contribution in [0.5, 0.6) is 0 Å². The maximum Gasteiger partial charge on any atom is 1.00 e. The molecule has 1 N–H and O–H groups in total.